The Kier molecular flexibility index (Phi) is 3.43. The van der Waals surface area contributed by atoms with E-state index in [1.165, 1.54) is 12.1 Å². The normalized spacial score (nSPS) is 23.2. The van der Waals surface area contributed by atoms with Crippen LogP contribution in [0.3, 0.4) is 0 Å². The molecular weight excluding hydrogens is 233 g/mol. The van der Waals surface area contributed by atoms with E-state index in [9.17, 15) is 9.90 Å². The van der Waals surface area contributed by atoms with Crippen molar-refractivity contribution in [3.63, 3.8) is 0 Å². The second-order valence-corrected chi connectivity index (χ2v) is 4.97. The summed E-state index contributed by atoms with van der Waals surface area (Å²) in [6.07, 6.45) is 0.576. The second kappa shape index (κ2) is 4.72. The maximum Gasteiger partial charge on any atom is 0.488 e. The van der Waals surface area contributed by atoms with Crippen LogP contribution in [-0.4, -0.2) is 51.8 Å². The number of aliphatic hydroxyl groups is 1. The highest BCUT2D eigenvalue weighted by molar-refractivity contribution is 6.58. The molecule has 1 heterocycles. The van der Waals surface area contributed by atoms with Crippen molar-refractivity contribution in [1.82, 2.24) is 4.90 Å². The van der Waals surface area contributed by atoms with Crippen LogP contribution in [0.25, 0.3) is 0 Å². The minimum Gasteiger partial charge on any atom is -0.423 e. The summed E-state index contributed by atoms with van der Waals surface area (Å²) in [5, 5.41) is 27.7. The van der Waals surface area contributed by atoms with E-state index in [2.05, 4.69) is 0 Å². The Morgan fingerprint density at radius 1 is 1.33 bits per heavy atom. The number of rotatable bonds is 2. The number of carbonyl (C=O) groups excluding carboxylic acids is 1. The topological polar surface area (TPSA) is 81.0 Å². The standard InChI is InChI=1S/C12H16BNO4/c1-12(16)6-7-14(8-12)11(15)9-2-4-10(5-3-9)13(17)18/h2-5,16-18H,6-8H2,1H3. The molecule has 0 radical (unpaired) electrons. The van der Waals surface area contributed by atoms with Gasteiger partial charge in [0, 0.05) is 18.7 Å². The Bertz CT molecular complexity index is 444. The number of benzene rings is 1. The fourth-order valence-corrected chi connectivity index (χ4v) is 2.10. The molecule has 1 amide bonds. The van der Waals surface area contributed by atoms with E-state index >= 15 is 0 Å². The smallest absolute Gasteiger partial charge is 0.423 e. The number of hydrogen-bond donors (Lipinski definition) is 3. The Morgan fingerprint density at radius 2 is 1.94 bits per heavy atom. The number of β-amino-alcohol motifs (C(OH)–C–C–N with tert-alkyl or cyclic N) is 1. The minimum absolute atomic E-state index is 0.147. The van der Waals surface area contributed by atoms with Gasteiger partial charge in [-0.2, -0.15) is 0 Å². The van der Waals surface area contributed by atoms with Crippen molar-refractivity contribution in [3.8, 4) is 0 Å². The molecule has 1 atom stereocenters. The molecule has 1 aromatic carbocycles. The number of nitrogens with zero attached hydrogens (tertiary/aromatic N) is 1. The van der Waals surface area contributed by atoms with Gasteiger partial charge in [-0.05, 0) is 30.9 Å². The van der Waals surface area contributed by atoms with Crippen molar-refractivity contribution >= 4 is 18.5 Å². The van der Waals surface area contributed by atoms with Gasteiger partial charge in [0.25, 0.3) is 5.91 Å². The summed E-state index contributed by atoms with van der Waals surface area (Å²) in [5.41, 5.74) is 0.0220. The first-order valence-electron chi connectivity index (χ1n) is 5.87. The lowest BCUT2D eigenvalue weighted by Crippen LogP contribution is -2.34. The molecule has 1 saturated heterocycles. The maximum atomic E-state index is 12.1. The Morgan fingerprint density at radius 3 is 2.39 bits per heavy atom. The van der Waals surface area contributed by atoms with E-state index < -0.39 is 12.7 Å². The third-order valence-electron chi connectivity index (χ3n) is 3.19. The van der Waals surface area contributed by atoms with Gasteiger partial charge in [-0.3, -0.25) is 4.79 Å². The minimum atomic E-state index is -1.53. The fourth-order valence-electron chi connectivity index (χ4n) is 2.10. The molecule has 0 spiro atoms. The number of carbonyl (C=O) groups is 1. The van der Waals surface area contributed by atoms with Gasteiger partial charge in [0.1, 0.15) is 0 Å². The SMILES string of the molecule is CC1(O)CCN(C(=O)c2ccc(B(O)O)cc2)C1. The summed E-state index contributed by atoms with van der Waals surface area (Å²) in [6.45, 7) is 2.58. The highest BCUT2D eigenvalue weighted by atomic mass is 16.4. The number of likely N-dealkylation sites (tertiary alicyclic amines) is 1. The highest BCUT2D eigenvalue weighted by Crippen LogP contribution is 2.21. The molecule has 96 valence electrons. The average Bonchev–Trinajstić information content (AvgIpc) is 2.69. The van der Waals surface area contributed by atoms with E-state index in [1.54, 1.807) is 24.0 Å². The number of hydrogen-bond acceptors (Lipinski definition) is 4. The van der Waals surface area contributed by atoms with Gasteiger partial charge in [0.05, 0.1) is 5.60 Å². The Hall–Kier alpha value is -1.37. The Balaban J connectivity index is 2.10. The van der Waals surface area contributed by atoms with E-state index in [0.717, 1.165) is 0 Å². The van der Waals surface area contributed by atoms with Crippen LogP contribution in [0.2, 0.25) is 0 Å². The molecule has 1 fully saturated rings. The number of amides is 1. The first kappa shape index (κ1) is 13.1. The van der Waals surface area contributed by atoms with Crippen molar-refractivity contribution in [3.05, 3.63) is 29.8 Å². The molecule has 3 N–H and O–H groups in total. The fraction of sp³-hybridized carbons (Fsp3) is 0.417. The van der Waals surface area contributed by atoms with Crippen LogP contribution in [-0.2, 0) is 0 Å². The summed E-state index contributed by atoms with van der Waals surface area (Å²) in [6, 6.07) is 6.13. The zero-order chi connectivity index (χ0) is 13.3. The molecule has 1 aliphatic rings. The molecule has 1 aliphatic heterocycles. The van der Waals surface area contributed by atoms with E-state index in [0.29, 0.717) is 30.5 Å². The van der Waals surface area contributed by atoms with Crippen LogP contribution in [0.1, 0.15) is 23.7 Å². The summed E-state index contributed by atoms with van der Waals surface area (Å²) < 4.78 is 0. The van der Waals surface area contributed by atoms with Gasteiger partial charge >= 0.3 is 7.12 Å². The van der Waals surface area contributed by atoms with Crippen molar-refractivity contribution in [1.29, 1.82) is 0 Å². The van der Waals surface area contributed by atoms with Crippen molar-refractivity contribution in [2.75, 3.05) is 13.1 Å². The first-order chi connectivity index (χ1) is 8.39. The third-order valence-corrected chi connectivity index (χ3v) is 3.19. The summed E-state index contributed by atoms with van der Waals surface area (Å²) in [7, 11) is -1.53. The zero-order valence-electron chi connectivity index (χ0n) is 10.2. The molecule has 0 aliphatic carbocycles. The van der Waals surface area contributed by atoms with Gasteiger partial charge < -0.3 is 20.1 Å². The van der Waals surface area contributed by atoms with Crippen molar-refractivity contribution in [2.24, 2.45) is 0 Å². The Labute approximate surface area is 106 Å². The average molecular weight is 249 g/mol. The molecule has 0 saturated carbocycles. The monoisotopic (exact) mass is 249 g/mol. The molecule has 1 aromatic rings. The van der Waals surface area contributed by atoms with Gasteiger partial charge in [0.2, 0.25) is 0 Å². The van der Waals surface area contributed by atoms with Crippen LogP contribution in [0.5, 0.6) is 0 Å². The van der Waals surface area contributed by atoms with Gasteiger partial charge in [-0.1, -0.05) is 12.1 Å². The molecule has 1 unspecified atom stereocenters. The van der Waals surface area contributed by atoms with Crippen LogP contribution in [0.4, 0.5) is 0 Å². The zero-order valence-corrected chi connectivity index (χ0v) is 10.2. The summed E-state index contributed by atoms with van der Waals surface area (Å²) >= 11 is 0. The summed E-state index contributed by atoms with van der Waals surface area (Å²) in [5.74, 6) is -0.147. The van der Waals surface area contributed by atoms with Crippen molar-refractivity contribution < 1.29 is 19.9 Å². The molecule has 6 heteroatoms. The van der Waals surface area contributed by atoms with E-state index in [-0.39, 0.29) is 5.91 Å². The van der Waals surface area contributed by atoms with Crippen molar-refractivity contribution in [2.45, 2.75) is 18.9 Å². The molecule has 18 heavy (non-hydrogen) atoms. The molecule has 0 bridgehead atoms. The maximum absolute atomic E-state index is 12.1. The van der Waals surface area contributed by atoms with Crippen LogP contribution < -0.4 is 5.46 Å². The lowest BCUT2D eigenvalue weighted by Gasteiger charge is -2.19. The van der Waals surface area contributed by atoms with Gasteiger partial charge in [-0.15, -0.1) is 0 Å². The highest BCUT2D eigenvalue weighted by Gasteiger charge is 2.34. The van der Waals surface area contributed by atoms with Crippen LogP contribution in [0, 0.1) is 0 Å². The van der Waals surface area contributed by atoms with E-state index in [4.69, 9.17) is 10.0 Å². The first-order valence-corrected chi connectivity index (χ1v) is 5.87. The quantitative estimate of drug-likeness (QED) is 0.585. The lowest BCUT2D eigenvalue weighted by atomic mass is 9.80. The molecule has 0 aromatic heterocycles. The van der Waals surface area contributed by atoms with Gasteiger partial charge in [-0.25, -0.2) is 0 Å². The van der Waals surface area contributed by atoms with Gasteiger partial charge in [0.15, 0.2) is 0 Å². The lowest BCUT2D eigenvalue weighted by molar-refractivity contribution is 0.0572. The predicted molar refractivity (Wildman–Crippen MR) is 67.4 cm³/mol. The third kappa shape index (κ3) is 2.72. The predicted octanol–water partition coefficient (Wildman–Crippen LogP) is -1.04. The largest absolute Gasteiger partial charge is 0.488 e. The second-order valence-electron chi connectivity index (χ2n) is 4.97. The van der Waals surface area contributed by atoms with E-state index in [1.807, 2.05) is 0 Å². The molecule has 5 nitrogen and oxygen atoms in total. The summed E-state index contributed by atoms with van der Waals surface area (Å²) in [4.78, 5) is 13.7. The van der Waals surface area contributed by atoms with Crippen LogP contribution >= 0.6 is 0 Å². The molecule has 2 rings (SSSR count). The molecular formula is C12H16BNO4. The van der Waals surface area contributed by atoms with Crippen LogP contribution in [0.15, 0.2) is 24.3 Å².